The topological polar surface area (TPSA) is 141 Å². The Morgan fingerprint density at radius 3 is 2.39 bits per heavy atom. The van der Waals surface area contributed by atoms with Gasteiger partial charge >= 0.3 is 5.97 Å². The molecule has 10 nitrogen and oxygen atoms in total. The number of carbonyl (C=O) groups is 1. The van der Waals surface area contributed by atoms with Crippen molar-refractivity contribution < 1.29 is 32.4 Å². The molecule has 11 heteroatoms. The summed E-state index contributed by atoms with van der Waals surface area (Å²) in [5.41, 5.74) is 1.91. The highest BCUT2D eigenvalue weighted by Gasteiger charge is 2.57. The van der Waals surface area contributed by atoms with Crippen molar-refractivity contribution in [1.82, 2.24) is 4.90 Å². The number of nitro groups is 1. The minimum atomic E-state index is -4.10. The van der Waals surface area contributed by atoms with E-state index >= 15 is 0 Å². The van der Waals surface area contributed by atoms with Crippen LogP contribution >= 0.6 is 0 Å². The van der Waals surface area contributed by atoms with Crippen LogP contribution in [0.15, 0.2) is 36.1 Å². The summed E-state index contributed by atoms with van der Waals surface area (Å²) >= 11 is 0. The highest BCUT2D eigenvalue weighted by atomic mass is 32.2. The van der Waals surface area contributed by atoms with Gasteiger partial charge in [0.25, 0.3) is 10.1 Å². The van der Waals surface area contributed by atoms with Crippen molar-refractivity contribution in [3.05, 3.63) is 46.2 Å². The zero-order valence-corrected chi connectivity index (χ0v) is 27.8. The van der Waals surface area contributed by atoms with E-state index < -0.39 is 27.4 Å². The zero-order valence-electron chi connectivity index (χ0n) is 27.0. The normalized spacial score (nSPS) is 32.5. The van der Waals surface area contributed by atoms with Gasteiger partial charge in [-0.2, -0.15) is 8.42 Å². The van der Waals surface area contributed by atoms with Crippen molar-refractivity contribution in [3.63, 3.8) is 0 Å². The lowest BCUT2D eigenvalue weighted by Gasteiger charge is -2.35. The second kappa shape index (κ2) is 13.4. The molecule has 4 rings (SSSR count). The number of aliphatic carboxylic acids is 1. The molecule has 0 amide bonds. The maximum atomic E-state index is 12.0. The predicted molar refractivity (Wildman–Crippen MR) is 171 cm³/mol. The number of likely N-dealkylation sites (tertiary alicyclic amines) is 1. The summed E-state index contributed by atoms with van der Waals surface area (Å²) in [6, 6.07) is 0.0441. The quantitative estimate of drug-likeness (QED) is 0.0693. The second-order valence-corrected chi connectivity index (χ2v) is 16.1. The molecule has 0 aromatic rings. The van der Waals surface area contributed by atoms with E-state index in [4.69, 9.17) is 5.11 Å². The van der Waals surface area contributed by atoms with Gasteiger partial charge in [-0.25, -0.2) is 4.58 Å². The van der Waals surface area contributed by atoms with E-state index in [1.54, 1.807) is 0 Å². The number of fused-ring (bicyclic) bond motifs is 2. The molecule has 0 aromatic heterocycles. The number of carboxylic acid groups (broad SMARTS) is 1. The molecule has 246 valence electrons. The summed E-state index contributed by atoms with van der Waals surface area (Å²) in [5.74, 6) is -0.456. The Bertz CT molecular complexity index is 1330. The smallest absolute Gasteiger partial charge is 0.303 e. The Kier molecular flexibility index (Phi) is 10.5. The number of nitrogens with zero attached hydrogens (tertiary/aromatic N) is 3. The third-order valence-electron chi connectivity index (χ3n) is 11.2. The summed E-state index contributed by atoms with van der Waals surface area (Å²) in [7, 11) is -4.10. The Labute approximate surface area is 262 Å². The first kappa shape index (κ1) is 34.3. The summed E-state index contributed by atoms with van der Waals surface area (Å²) in [6.07, 6.45) is 16.5. The van der Waals surface area contributed by atoms with Crippen molar-refractivity contribution in [2.75, 3.05) is 13.1 Å². The average Bonchev–Trinajstić information content (AvgIpc) is 3.29. The first-order valence-electron chi connectivity index (χ1n) is 16.4. The van der Waals surface area contributed by atoms with Crippen LogP contribution in [0.25, 0.3) is 0 Å². The van der Waals surface area contributed by atoms with E-state index in [1.807, 2.05) is 12.2 Å². The van der Waals surface area contributed by atoms with Gasteiger partial charge in [0.1, 0.15) is 6.54 Å². The number of allylic oxidation sites excluding steroid dienone is 6. The van der Waals surface area contributed by atoms with Crippen LogP contribution in [0.3, 0.4) is 0 Å². The molecule has 0 bridgehead atoms. The molecule has 0 spiro atoms. The maximum Gasteiger partial charge on any atom is 0.303 e. The zero-order chi connectivity index (χ0) is 32.4. The van der Waals surface area contributed by atoms with Crippen molar-refractivity contribution in [2.24, 2.45) is 22.7 Å². The van der Waals surface area contributed by atoms with Gasteiger partial charge in [0.15, 0.2) is 11.8 Å². The molecule has 2 heterocycles. The fourth-order valence-electron chi connectivity index (χ4n) is 8.89. The van der Waals surface area contributed by atoms with Gasteiger partial charge in [-0.15, -0.1) is 0 Å². The standard InChI is InChI=1S/C33H51N3O7S/c1-6-34-27-18-16-23(36(39)40)21-25(27)32(2,3)29(34)13-9-7-10-14-30-33(4,5)26-22-24(44(41,42)43)17-19-28(26)35(30)20-12-8-11-15-31(37)38/h7,9-10,13-14,23-28H,6,8,11-12,15-22H2,1-5H3,(H-,37,38,41,42,43)/p+1. The first-order valence-corrected chi connectivity index (χ1v) is 17.9. The van der Waals surface area contributed by atoms with Crippen LogP contribution in [0.5, 0.6) is 0 Å². The van der Waals surface area contributed by atoms with E-state index in [0.29, 0.717) is 44.6 Å². The number of hydrogen-bond acceptors (Lipinski definition) is 6. The predicted octanol–water partition coefficient (Wildman–Crippen LogP) is 5.72. The Morgan fingerprint density at radius 1 is 1.02 bits per heavy atom. The molecular weight excluding hydrogens is 582 g/mol. The molecule has 6 atom stereocenters. The average molecular weight is 635 g/mol. The van der Waals surface area contributed by atoms with Gasteiger partial charge in [-0.3, -0.25) is 19.5 Å². The highest BCUT2D eigenvalue weighted by molar-refractivity contribution is 7.86. The molecule has 1 saturated heterocycles. The lowest BCUT2D eigenvalue weighted by atomic mass is 9.69. The summed E-state index contributed by atoms with van der Waals surface area (Å²) in [4.78, 5) is 24.8. The van der Waals surface area contributed by atoms with Crippen molar-refractivity contribution >= 4 is 21.8 Å². The highest BCUT2D eigenvalue weighted by Crippen LogP contribution is 2.53. The Morgan fingerprint density at radius 2 is 1.75 bits per heavy atom. The molecule has 0 aromatic carbocycles. The molecule has 2 N–H and O–H groups in total. The molecule has 2 saturated carbocycles. The van der Waals surface area contributed by atoms with Crippen molar-refractivity contribution in [3.8, 4) is 0 Å². The lowest BCUT2D eigenvalue weighted by molar-refractivity contribution is -0.566. The third kappa shape index (κ3) is 6.98. The van der Waals surface area contributed by atoms with Crippen molar-refractivity contribution in [1.29, 1.82) is 0 Å². The van der Waals surface area contributed by atoms with E-state index in [2.05, 4.69) is 62.3 Å². The molecular formula is C33H52N3O7S+. The molecule has 6 unspecified atom stereocenters. The maximum absolute atomic E-state index is 12.0. The lowest BCUT2D eigenvalue weighted by Crippen LogP contribution is -2.42. The third-order valence-corrected chi connectivity index (χ3v) is 12.5. The van der Waals surface area contributed by atoms with Gasteiger partial charge in [0, 0.05) is 72.7 Å². The van der Waals surface area contributed by atoms with Crippen LogP contribution in [0.1, 0.15) is 98.8 Å². The monoisotopic (exact) mass is 634 g/mol. The molecule has 4 aliphatic rings. The minimum absolute atomic E-state index is 0.0803. The minimum Gasteiger partial charge on any atom is -0.481 e. The van der Waals surface area contributed by atoms with Gasteiger partial charge in [-0.1, -0.05) is 32.1 Å². The molecule has 44 heavy (non-hydrogen) atoms. The van der Waals surface area contributed by atoms with E-state index in [1.165, 1.54) is 5.70 Å². The van der Waals surface area contributed by atoms with E-state index in [0.717, 1.165) is 38.1 Å². The summed E-state index contributed by atoms with van der Waals surface area (Å²) < 4.78 is 36.3. The van der Waals surface area contributed by atoms with Crippen LogP contribution in [-0.4, -0.2) is 80.6 Å². The largest absolute Gasteiger partial charge is 0.481 e. The van der Waals surface area contributed by atoms with Crippen LogP contribution in [0, 0.1) is 32.8 Å². The van der Waals surface area contributed by atoms with E-state index in [-0.39, 0.29) is 40.1 Å². The van der Waals surface area contributed by atoms with Gasteiger partial charge in [0.05, 0.1) is 10.7 Å². The number of carboxylic acids is 1. The van der Waals surface area contributed by atoms with Crippen molar-refractivity contribution in [2.45, 2.75) is 122 Å². The number of rotatable bonds is 12. The van der Waals surface area contributed by atoms with Crippen LogP contribution in [0.2, 0.25) is 0 Å². The molecule has 2 aliphatic carbocycles. The van der Waals surface area contributed by atoms with Gasteiger partial charge in [0.2, 0.25) is 6.04 Å². The van der Waals surface area contributed by atoms with Crippen LogP contribution in [-0.2, 0) is 14.9 Å². The number of hydrogen-bond donors (Lipinski definition) is 2. The fourth-order valence-corrected chi connectivity index (χ4v) is 9.77. The first-order chi connectivity index (χ1) is 20.6. The molecule has 0 radical (unpaired) electrons. The summed E-state index contributed by atoms with van der Waals surface area (Å²) in [5, 5.41) is 19.8. The van der Waals surface area contributed by atoms with Gasteiger partial charge in [-0.05, 0) is 64.9 Å². The number of unbranched alkanes of at least 4 members (excludes halogenated alkanes) is 2. The SMILES string of the molecule is CCN1\C(=C/C=C/C=C/C2=[N+](CCCCCC(=O)O)C3CCC(S(=O)(=O)O)CC3C2(C)C)C(C)(C)C2CC([N+](=O)[O-])CCC21. The van der Waals surface area contributed by atoms with E-state index in [9.17, 15) is 27.9 Å². The molecule has 2 aliphatic heterocycles. The Hall–Kier alpha value is -2.53. The molecule has 3 fully saturated rings. The van der Waals surface area contributed by atoms with Gasteiger partial charge < -0.3 is 10.0 Å². The fraction of sp³-hybridized carbons (Fsp3) is 0.758. The second-order valence-electron chi connectivity index (χ2n) is 14.4. The summed E-state index contributed by atoms with van der Waals surface area (Å²) in [6.45, 7) is 12.5. The van der Waals surface area contributed by atoms with Crippen LogP contribution in [0.4, 0.5) is 0 Å². The Balaban J connectivity index is 1.55. The van der Waals surface area contributed by atoms with Crippen LogP contribution < -0.4 is 0 Å².